The number of halogens is 1. The summed E-state index contributed by atoms with van der Waals surface area (Å²) in [5.74, 6) is 0.753. The number of aromatic amines is 1. The number of aromatic nitrogens is 1. The number of ether oxygens (including phenoxy) is 1. The molecule has 1 N–H and O–H groups in total. The molecule has 5 heteroatoms. The minimum absolute atomic E-state index is 0.0306. The van der Waals surface area contributed by atoms with Gasteiger partial charge >= 0.3 is 121 Å². The molecular weight excluding hydrogens is 438 g/mol. The summed E-state index contributed by atoms with van der Waals surface area (Å²) in [6.07, 6.45) is 1.63. The molecule has 0 fully saturated rings. The van der Waals surface area contributed by atoms with Crippen LogP contribution in [0.3, 0.4) is 0 Å². The van der Waals surface area contributed by atoms with Crippen LogP contribution in [0, 0.1) is 0 Å². The first-order valence-electron chi connectivity index (χ1n) is 6.02. The summed E-state index contributed by atoms with van der Waals surface area (Å²) in [5.41, 5.74) is 1.57. The van der Waals surface area contributed by atoms with Crippen LogP contribution in [0.15, 0.2) is 29.1 Å². The van der Waals surface area contributed by atoms with E-state index in [1.54, 1.807) is 0 Å². The molecule has 1 aromatic carbocycles. The van der Waals surface area contributed by atoms with E-state index in [-0.39, 0.29) is 8.67 Å². The van der Waals surface area contributed by atoms with Crippen LogP contribution in [-0.2, 0) is 29.8 Å². The third-order valence-electron chi connectivity index (χ3n) is 3.50. The normalized spacial score (nSPS) is 22.1. The fourth-order valence-electron chi connectivity index (χ4n) is 2.38. The van der Waals surface area contributed by atoms with Crippen molar-refractivity contribution in [2.24, 2.45) is 0 Å². The van der Waals surface area contributed by atoms with E-state index in [4.69, 9.17) is 13.0 Å². The molecule has 1 atom stereocenters. The van der Waals surface area contributed by atoms with Gasteiger partial charge in [-0.25, -0.2) is 0 Å². The van der Waals surface area contributed by atoms with E-state index < -0.39 is 23.3 Å². The first-order valence-corrected chi connectivity index (χ1v) is 15.5. The Kier molecular flexibility index (Phi) is 3.14. The molecule has 0 bridgehead atoms. The Morgan fingerprint density at radius 2 is 2.22 bits per heavy atom. The minimum atomic E-state index is -1.55. The molecule has 0 spiro atoms. The molecule has 2 aromatic rings. The van der Waals surface area contributed by atoms with Crippen molar-refractivity contribution in [1.29, 1.82) is 0 Å². The van der Waals surface area contributed by atoms with E-state index in [0.29, 0.717) is 0 Å². The summed E-state index contributed by atoms with van der Waals surface area (Å²) in [4.78, 5) is 14.9. The van der Waals surface area contributed by atoms with Crippen molar-refractivity contribution in [3.05, 3.63) is 40.2 Å². The fourth-order valence-corrected chi connectivity index (χ4v) is 6.01. The topological polar surface area (TPSA) is 42.1 Å². The van der Waals surface area contributed by atoms with E-state index in [1.807, 2.05) is 24.3 Å². The zero-order valence-electron chi connectivity index (χ0n) is 10.1. The van der Waals surface area contributed by atoms with Crippen molar-refractivity contribution in [3.63, 3.8) is 0 Å². The Morgan fingerprint density at radius 1 is 1.44 bits per heavy atom. The summed E-state index contributed by atoms with van der Waals surface area (Å²) < 4.78 is 5.95. The monoisotopic (exact) mass is 451 g/mol. The van der Waals surface area contributed by atoms with Crippen LogP contribution in [-0.4, -0.2) is 8.09 Å². The first kappa shape index (κ1) is 12.5. The van der Waals surface area contributed by atoms with Crippen molar-refractivity contribution in [1.82, 2.24) is 4.98 Å². The Labute approximate surface area is 120 Å². The summed E-state index contributed by atoms with van der Waals surface area (Å²) in [7, 11) is 6.19. The van der Waals surface area contributed by atoms with Gasteiger partial charge in [0.15, 0.2) is 0 Å². The number of benzene rings is 1. The van der Waals surface area contributed by atoms with Gasteiger partial charge in [-0.1, -0.05) is 0 Å². The van der Waals surface area contributed by atoms with Crippen molar-refractivity contribution in [2.75, 3.05) is 0 Å². The number of hydrogen-bond donors (Lipinski definition) is 1. The third-order valence-corrected chi connectivity index (χ3v) is 12.6. The van der Waals surface area contributed by atoms with Gasteiger partial charge in [0.05, 0.1) is 0 Å². The Balaban J connectivity index is 2.28. The van der Waals surface area contributed by atoms with Gasteiger partial charge < -0.3 is 0 Å². The van der Waals surface area contributed by atoms with E-state index in [1.165, 1.54) is 0 Å². The molecule has 1 aromatic heterocycles. The van der Waals surface area contributed by atoms with Crippen molar-refractivity contribution in [3.8, 4) is 5.75 Å². The van der Waals surface area contributed by atoms with Gasteiger partial charge in [-0.15, -0.1) is 0 Å². The average Bonchev–Trinajstić information content (AvgIpc) is 2.39. The molecular formula is C13H12ClHgNO2. The predicted octanol–water partition coefficient (Wildman–Crippen LogP) is 2.81. The van der Waals surface area contributed by atoms with Gasteiger partial charge in [0.2, 0.25) is 0 Å². The maximum absolute atomic E-state index is 12.0. The van der Waals surface area contributed by atoms with E-state index in [9.17, 15) is 4.79 Å². The number of nitrogens with one attached hydrogen (secondary N) is 1. The zero-order chi connectivity index (χ0) is 12.8. The van der Waals surface area contributed by atoms with Gasteiger partial charge in [-0.2, -0.15) is 0 Å². The molecule has 1 aliphatic rings. The van der Waals surface area contributed by atoms with Crippen LogP contribution in [0.4, 0.5) is 0 Å². The van der Waals surface area contributed by atoms with Crippen LogP contribution in [0.1, 0.15) is 18.9 Å². The van der Waals surface area contributed by atoms with Crippen LogP contribution in [0.2, 0.25) is 0 Å². The fraction of sp³-hybridized carbons (Fsp3) is 0.308. The Morgan fingerprint density at radius 3 is 3.00 bits per heavy atom. The second kappa shape index (κ2) is 4.53. The Hall–Kier alpha value is -0.545. The molecule has 0 radical (unpaired) electrons. The van der Waals surface area contributed by atoms with Gasteiger partial charge in [0.1, 0.15) is 0 Å². The Bertz CT molecular complexity index is 670. The number of pyridine rings is 1. The van der Waals surface area contributed by atoms with Crippen molar-refractivity contribution in [2.45, 2.75) is 22.9 Å². The van der Waals surface area contributed by atoms with Gasteiger partial charge in [-0.3, -0.25) is 0 Å². The summed E-state index contributed by atoms with van der Waals surface area (Å²) in [6.45, 7) is 2.08. The molecule has 0 amide bonds. The van der Waals surface area contributed by atoms with Crippen LogP contribution in [0.5, 0.6) is 5.75 Å². The molecule has 1 unspecified atom stereocenters. The summed E-state index contributed by atoms with van der Waals surface area (Å²) in [6, 6.07) is 7.76. The number of hydrogen-bond acceptors (Lipinski definition) is 2. The van der Waals surface area contributed by atoms with Gasteiger partial charge in [0, 0.05) is 0 Å². The van der Waals surface area contributed by atoms with Crippen molar-refractivity contribution < 1.29 is 28.1 Å². The van der Waals surface area contributed by atoms with E-state index >= 15 is 0 Å². The van der Waals surface area contributed by atoms with Crippen LogP contribution in [0.25, 0.3) is 10.9 Å². The quantitative estimate of drug-likeness (QED) is 0.680. The standard InChI is InChI=1S/C13H12NO2.ClH.Hg/c1-8-6-7-10-12(16-8)9-4-2-3-5-11(9)14-13(10)15;;/h2-5H,6-7H2,1H3,(H,14,15);1H;/q;;+1/p-1. The van der Waals surface area contributed by atoms with Crippen LogP contribution < -0.4 is 10.3 Å². The molecule has 3 nitrogen and oxygen atoms in total. The summed E-state index contributed by atoms with van der Waals surface area (Å²) >= 11 is -1.55. The number of para-hydroxylation sites is 1. The molecule has 0 saturated heterocycles. The van der Waals surface area contributed by atoms with Crippen molar-refractivity contribution >= 4 is 19.2 Å². The van der Waals surface area contributed by atoms with E-state index in [2.05, 4.69) is 11.9 Å². The molecule has 3 rings (SSSR count). The van der Waals surface area contributed by atoms with Crippen LogP contribution >= 0.6 is 8.25 Å². The van der Waals surface area contributed by atoms with Gasteiger partial charge in [-0.05, 0) is 0 Å². The average molecular weight is 450 g/mol. The molecule has 0 saturated carbocycles. The number of rotatable bonds is 1. The second-order valence-electron chi connectivity index (χ2n) is 4.99. The predicted molar refractivity (Wildman–Crippen MR) is 67.8 cm³/mol. The molecule has 0 aliphatic carbocycles. The number of H-pyrrole nitrogens is 1. The van der Waals surface area contributed by atoms with Gasteiger partial charge in [0.25, 0.3) is 0 Å². The molecule has 2 heterocycles. The molecule has 1 aliphatic heterocycles. The number of fused-ring (bicyclic) bond motifs is 3. The summed E-state index contributed by atoms with van der Waals surface area (Å²) in [5, 5.41) is 0.983. The molecule has 90 valence electrons. The maximum atomic E-state index is 12.0. The SMILES string of the molecule is C[C]1([Hg][Cl])CCc2c(c3ccccc3[nH]c2=O)O1. The zero-order valence-corrected chi connectivity index (χ0v) is 16.4. The second-order valence-corrected chi connectivity index (χ2v) is 14.2. The first-order chi connectivity index (χ1) is 8.63. The van der Waals surface area contributed by atoms with E-state index in [0.717, 1.165) is 35.1 Å². The molecule has 18 heavy (non-hydrogen) atoms. The third kappa shape index (κ3) is 1.97.